The molecule has 0 spiro atoms. The van der Waals surface area contributed by atoms with E-state index < -0.39 is 5.41 Å². The van der Waals surface area contributed by atoms with E-state index in [1.807, 2.05) is 11.0 Å². The predicted molar refractivity (Wildman–Crippen MR) is 140 cm³/mol. The Labute approximate surface area is 215 Å². The molecule has 0 bridgehead atoms. The number of carbonyl (C=O) groups is 1. The molecule has 190 valence electrons. The minimum absolute atomic E-state index is 0.00574. The molecule has 10 heteroatoms. The molecule has 2 N–H and O–H groups in total. The summed E-state index contributed by atoms with van der Waals surface area (Å²) < 4.78 is 5.81. The molecule has 1 aliphatic carbocycles. The third-order valence-corrected chi connectivity index (χ3v) is 7.43. The second-order valence-corrected chi connectivity index (χ2v) is 9.88. The van der Waals surface area contributed by atoms with E-state index in [-0.39, 0.29) is 12.0 Å². The Bertz CT molecular complexity index is 1320. The fourth-order valence-corrected chi connectivity index (χ4v) is 5.02. The first-order chi connectivity index (χ1) is 18.1. The molecular weight excluding hydrogens is 468 g/mol. The zero-order chi connectivity index (χ0) is 25.2. The smallest absolute Gasteiger partial charge is 0.243 e. The van der Waals surface area contributed by atoms with E-state index >= 15 is 0 Å². The van der Waals surface area contributed by atoms with Crippen LogP contribution in [0.15, 0.2) is 42.7 Å². The minimum Gasteiger partial charge on any atom is -0.374 e. The highest BCUT2D eigenvalue weighted by molar-refractivity contribution is 5.89. The average molecular weight is 499 g/mol. The molecular formula is C27H30N8O2. The Morgan fingerprint density at radius 2 is 1.95 bits per heavy atom. The summed E-state index contributed by atoms with van der Waals surface area (Å²) in [4.78, 5) is 30.7. The van der Waals surface area contributed by atoms with E-state index in [2.05, 4.69) is 55.8 Å². The molecule has 4 heterocycles. The van der Waals surface area contributed by atoms with E-state index in [0.717, 1.165) is 54.2 Å². The summed E-state index contributed by atoms with van der Waals surface area (Å²) in [6, 6.07) is 12.5. The first-order valence-electron chi connectivity index (χ1n) is 12.9. The summed E-state index contributed by atoms with van der Waals surface area (Å²) in [6.45, 7) is 5.82. The standard InChI is InChI=1S/C27H30N8O2/c28-18-27(5-6-27)26(36)35-12-10-34(11-13-35)20-3-1-19(2-4-20)22-15-23-24(31-8-7-30-23)25(33-22)32-17-21-16-29-9-14-37-21/h1-4,7-8,15,21,29H,5-6,9-14,16-17H2,(H,32,33). The highest BCUT2D eigenvalue weighted by Gasteiger charge is 2.52. The number of ether oxygens (including phenoxy) is 1. The van der Waals surface area contributed by atoms with Crippen LogP contribution >= 0.6 is 0 Å². The maximum absolute atomic E-state index is 12.7. The van der Waals surface area contributed by atoms with Gasteiger partial charge in [0.05, 0.1) is 30.0 Å². The number of fused-ring (bicyclic) bond motifs is 1. The SMILES string of the molecule is N#CC1(C(=O)N2CCN(c3ccc(-c4cc5nccnc5c(NCC5CNCCO5)n4)cc3)CC2)CC1. The molecule has 1 aromatic carbocycles. The van der Waals surface area contributed by atoms with Crippen LogP contribution < -0.4 is 15.5 Å². The number of nitriles is 1. The molecule has 1 atom stereocenters. The van der Waals surface area contributed by atoms with Crippen LogP contribution in [0.4, 0.5) is 11.5 Å². The number of nitrogens with zero attached hydrogens (tertiary/aromatic N) is 6. The predicted octanol–water partition coefficient (Wildman–Crippen LogP) is 2.04. The molecule has 2 saturated heterocycles. The third-order valence-electron chi connectivity index (χ3n) is 7.43. The van der Waals surface area contributed by atoms with E-state index in [0.29, 0.717) is 44.9 Å². The largest absolute Gasteiger partial charge is 0.374 e. The van der Waals surface area contributed by atoms with Crippen molar-refractivity contribution in [3.63, 3.8) is 0 Å². The van der Waals surface area contributed by atoms with Crippen molar-refractivity contribution in [2.45, 2.75) is 18.9 Å². The molecule has 0 radical (unpaired) electrons. The lowest BCUT2D eigenvalue weighted by atomic mass is 10.1. The number of pyridine rings is 1. The number of hydrogen-bond donors (Lipinski definition) is 2. The Hall–Kier alpha value is -3.81. The van der Waals surface area contributed by atoms with Crippen molar-refractivity contribution in [3.05, 3.63) is 42.7 Å². The van der Waals surface area contributed by atoms with Crippen LogP contribution in [-0.4, -0.2) is 84.3 Å². The van der Waals surface area contributed by atoms with Crippen LogP contribution in [0.5, 0.6) is 0 Å². The molecule has 2 aromatic heterocycles. The Morgan fingerprint density at radius 1 is 1.16 bits per heavy atom. The van der Waals surface area contributed by atoms with Crippen LogP contribution in [0.1, 0.15) is 12.8 Å². The number of amides is 1. The average Bonchev–Trinajstić information content (AvgIpc) is 3.78. The van der Waals surface area contributed by atoms with Gasteiger partial charge in [0.25, 0.3) is 0 Å². The molecule has 3 fully saturated rings. The van der Waals surface area contributed by atoms with Gasteiger partial charge < -0.3 is 25.2 Å². The van der Waals surface area contributed by atoms with Crippen LogP contribution in [-0.2, 0) is 9.53 Å². The van der Waals surface area contributed by atoms with Crippen molar-refractivity contribution in [1.82, 2.24) is 25.2 Å². The fourth-order valence-electron chi connectivity index (χ4n) is 5.02. The summed E-state index contributed by atoms with van der Waals surface area (Å²) in [5.41, 5.74) is 3.71. The van der Waals surface area contributed by atoms with Crippen molar-refractivity contribution in [2.24, 2.45) is 5.41 Å². The van der Waals surface area contributed by atoms with E-state index in [1.165, 1.54) is 0 Å². The third kappa shape index (κ3) is 4.80. The van der Waals surface area contributed by atoms with E-state index in [1.54, 1.807) is 12.4 Å². The first kappa shape index (κ1) is 23.6. The van der Waals surface area contributed by atoms with Crippen molar-refractivity contribution < 1.29 is 9.53 Å². The Kier molecular flexibility index (Phi) is 6.32. The van der Waals surface area contributed by atoms with Gasteiger partial charge in [-0.05, 0) is 31.0 Å². The summed E-state index contributed by atoms with van der Waals surface area (Å²) in [7, 11) is 0. The molecule has 1 saturated carbocycles. The second-order valence-electron chi connectivity index (χ2n) is 9.88. The van der Waals surface area contributed by atoms with Crippen LogP contribution in [0.3, 0.4) is 0 Å². The maximum Gasteiger partial charge on any atom is 0.243 e. The van der Waals surface area contributed by atoms with Gasteiger partial charge in [0, 0.05) is 69.5 Å². The summed E-state index contributed by atoms with van der Waals surface area (Å²) in [5, 5.41) is 16.1. The number of hydrogen-bond acceptors (Lipinski definition) is 9. The summed E-state index contributed by atoms with van der Waals surface area (Å²) in [6.07, 6.45) is 4.85. The molecule has 3 aromatic rings. The van der Waals surface area contributed by atoms with Gasteiger partial charge in [-0.1, -0.05) is 12.1 Å². The highest BCUT2D eigenvalue weighted by Crippen LogP contribution is 2.46. The van der Waals surface area contributed by atoms with Crippen molar-refractivity contribution in [3.8, 4) is 17.3 Å². The maximum atomic E-state index is 12.7. The number of nitrogens with one attached hydrogen (secondary N) is 2. The van der Waals surface area contributed by atoms with Gasteiger partial charge in [-0.3, -0.25) is 9.78 Å². The molecule has 1 unspecified atom stereocenters. The number of morpholine rings is 1. The lowest BCUT2D eigenvalue weighted by Gasteiger charge is -2.37. The molecule has 10 nitrogen and oxygen atoms in total. The fraction of sp³-hybridized carbons (Fsp3) is 0.444. The van der Waals surface area contributed by atoms with Gasteiger partial charge in [0.1, 0.15) is 10.9 Å². The Balaban J connectivity index is 1.16. The van der Waals surface area contributed by atoms with E-state index in [4.69, 9.17) is 9.72 Å². The monoisotopic (exact) mass is 498 g/mol. The number of rotatable bonds is 6. The molecule has 1 amide bonds. The van der Waals surface area contributed by atoms with Crippen molar-refractivity contribution in [2.75, 3.05) is 62.6 Å². The van der Waals surface area contributed by atoms with E-state index in [9.17, 15) is 10.1 Å². The number of piperazine rings is 1. The zero-order valence-electron chi connectivity index (χ0n) is 20.7. The van der Waals surface area contributed by atoms with Gasteiger partial charge >= 0.3 is 0 Å². The molecule has 2 aliphatic heterocycles. The van der Waals surface area contributed by atoms with Gasteiger partial charge in [-0.15, -0.1) is 0 Å². The lowest BCUT2D eigenvalue weighted by Crippen LogP contribution is -2.50. The highest BCUT2D eigenvalue weighted by atomic mass is 16.5. The second kappa shape index (κ2) is 9.92. The van der Waals surface area contributed by atoms with Gasteiger partial charge in [-0.25, -0.2) is 9.97 Å². The first-order valence-corrected chi connectivity index (χ1v) is 12.9. The minimum atomic E-state index is -0.741. The van der Waals surface area contributed by atoms with Gasteiger partial charge in [-0.2, -0.15) is 5.26 Å². The summed E-state index contributed by atoms with van der Waals surface area (Å²) >= 11 is 0. The van der Waals surface area contributed by atoms with Crippen molar-refractivity contribution in [1.29, 1.82) is 5.26 Å². The molecule has 3 aliphatic rings. The number of aromatic nitrogens is 3. The topological polar surface area (TPSA) is 119 Å². The molecule has 6 rings (SSSR count). The quantitative estimate of drug-likeness (QED) is 0.526. The van der Waals surface area contributed by atoms with Crippen LogP contribution in [0.25, 0.3) is 22.3 Å². The van der Waals surface area contributed by atoms with Gasteiger partial charge in [0.2, 0.25) is 5.91 Å². The number of carbonyl (C=O) groups excluding carboxylic acids is 1. The van der Waals surface area contributed by atoms with Gasteiger partial charge in [0.15, 0.2) is 5.82 Å². The summed E-state index contributed by atoms with van der Waals surface area (Å²) in [5.74, 6) is 0.705. The van der Waals surface area contributed by atoms with Crippen LogP contribution in [0.2, 0.25) is 0 Å². The zero-order valence-corrected chi connectivity index (χ0v) is 20.7. The normalized spacial score (nSPS) is 20.9. The lowest BCUT2D eigenvalue weighted by molar-refractivity contribution is -0.135. The van der Waals surface area contributed by atoms with Crippen LogP contribution in [0, 0.1) is 16.7 Å². The number of anilines is 2. The molecule has 37 heavy (non-hydrogen) atoms. The Morgan fingerprint density at radius 3 is 2.65 bits per heavy atom. The number of benzene rings is 1. The van der Waals surface area contributed by atoms with Crippen molar-refractivity contribution >= 4 is 28.4 Å².